The lowest BCUT2D eigenvalue weighted by Gasteiger charge is -2.38. The van der Waals surface area contributed by atoms with Gasteiger partial charge in [0.1, 0.15) is 0 Å². The van der Waals surface area contributed by atoms with Crippen LogP contribution >= 0.6 is 0 Å². The summed E-state index contributed by atoms with van der Waals surface area (Å²) in [4.78, 5) is 11.4. The number of methoxy groups -OCH3 is 1. The lowest BCUT2D eigenvalue weighted by Crippen LogP contribution is -2.45. The zero-order chi connectivity index (χ0) is 12.0. The third-order valence-electron chi connectivity index (χ3n) is 3.50. The Morgan fingerprint density at radius 3 is 2.94 bits per heavy atom. The van der Waals surface area contributed by atoms with Gasteiger partial charge in [-0.2, -0.15) is 0 Å². The maximum absolute atomic E-state index is 11.4. The first-order chi connectivity index (χ1) is 7.58. The van der Waals surface area contributed by atoms with Crippen LogP contribution < -0.4 is 5.32 Å². The van der Waals surface area contributed by atoms with E-state index < -0.39 is 0 Å². The van der Waals surface area contributed by atoms with Gasteiger partial charge < -0.3 is 15.2 Å². The first-order valence-corrected chi connectivity index (χ1v) is 6.02. The van der Waals surface area contributed by atoms with E-state index >= 15 is 0 Å². The van der Waals surface area contributed by atoms with E-state index in [0.717, 1.165) is 25.7 Å². The topological polar surface area (TPSA) is 58.6 Å². The van der Waals surface area contributed by atoms with Gasteiger partial charge in [0, 0.05) is 25.5 Å². The summed E-state index contributed by atoms with van der Waals surface area (Å²) in [6, 6.07) is 0. The number of rotatable bonds is 5. The summed E-state index contributed by atoms with van der Waals surface area (Å²) in [6.45, 7) is 3.06. The third kappa shape index (κ3) is 3.76. The maximum Gasteiger partial charge on any atom is 0.222 e. The van der Waals surface area contributed by atoms with Crippen LogP contribution in [0.5, 0.6) is 0 Å². The SMILES string of the molecule is COCCC(=O)NC[C@]1(C)CCCC[C@H]1O. The largest absolute Gasteiger partial charge is 0.392 e. The van der Waals surface area contributed by atoms with Crippen molar-refractivity contribution in [2.24, 2.45) is 5.41 Å². The highest BCUT2D eigenvalue weighted by atomic mass is 16.5. The number of ether oxygens (including phenoxy) is 1. The Labute approximate surface area is 97.4 Å². The van der Waals surface area contributed by atoms with Crippen molar-refractivity contribution < 1.29 is 14.6 Å². The summed E-state index contributed by atoms with van der Waals surface area (Å²) in [5.41, 5.74) is -0.152. The fourth-order valence-corrected chi connectivity index (χ4v) is 2.17. The summed E-state index contributed by atoms with van der Waals surface area (Å²) in [6.07, 6.45) is 4.17. The van der Waals surface area contributed by atoms with Crippen LogP contribution in [0.4, 0.5) is 0 Å². The van der Waals surface area contributed by atoms with Crippen LogP contribution in [0.2, 0.25) is 0 Å². The smallest absolute Gasteiger partial charge is 0.222 e. The monoisotopic (exact) mass is 229 g/mol. The third-order valence-corrected chi connectivity index (χ3v) is 3.50. The van der Waals surface area contributed by atoms with Gasteiger partial charge in [-0.15, -0.1) is 0 Å². The average molecular weight is 229 g/mol. The van der Waals surface area contributed by atoms with Crippen molar-refractivity contribution in [3.8, 4) is 0 Å². The van der Waals surface area contributed by atoms with Crippen molar-refractivity contribution in [1.82, 2.24) is 5.32 Å². The molecule has 94 valence electrons. The molecule has 1 amide bonds. The molecule has 1 fully saturated rings. The number of amides is 1. The van der Waals surface area contributed by atoms with E-state index in [4.69, 9.17) is 4.74 Å². The van der Waals surface area contributed by atoms with Crippen molar-refractivity contribution in [2.75, 3.05) is 20.3 Å². The quantitative estimate of drug-likeness (QED) is 0.741. The lowest BCUT2D eigenvalue weighted by molar-refractivity contribution is -0.123. The van der Waals surface area contributed by atoms with Crippen LogP contribution in [0, 0.1) is 5.41 Å². The highest BCUT2D eigenvalue weighted by molar-refractivity contribution is 5.76. The normalized spacial score (nSPS) is 30.1. The van der Waals surface area contributed by atoms with Gasteiger partial charge in [0.15, 0.2) is 0 Å². The Bertz CT molecular complexity index is 232. The molecule has 1 rings (SSSR count). The zero-order valence-electron chi connectivity index (χ0n) is 10.3. The van der Waals surface area contributed by atoms with Gasteiger partial charge in [-0.1, -0.05) is 19.8 Å². The van der Waals surface area contributed by atoms with Crippen molar-refractivity contribution in [1.29, 1.82) is 0 Å². The molecule has 0 unspecified atom stereocenters. The number of nitrogens with one attached hydrogen (secondary N) is 1. The molecule has 0 aromatic carbocycles. The molecule has 2 N–H and O–H groups in total. The summed E-state index contributed by atoms with van der Waals surface area (Å²) < 4.78 is 4.84. The number of aliphatic hydroxyl groups excluding tert-OH is 1. The summed E-state index contributed by atoms with van der Waals surface area (Å²) >= 11 is 0. The van der Waals surface area contributed by atoms with Gasteiger partial charge in [0.2, 0.25) is 5.91 Å². The molecule has 0 radical (unpaired) electrons. The summed E-state index contributed by atoms with van der Waals surface area (Å²) in [5, 5.41) is 12.8. The Balaban J connectivity index is 2.32. The van der Waals surface area contributed by atoms with E-state index in [1.54, 1.807) is 7.11 Å². The molecule has 1 saturated carbocycles. The van der Waals surface area contributed by atoms with Crippen molar-refractivity contribution in [3.05, 3.63) is 0 Å². The molecular formula is C12H23NO3. The van der Waals surface area contributed by atoms with Gasteiger partial charge in [0.25, 0.3) is 0 Å². The van der Waals surface area contributed by atoms with Gasteiger partial charge in [0.05, 0.1) is 12.7 Å². The van der Waals surface area contributed by atoms with Crippen LogP contribution in [-0.2, 0) is 9.53 Å². The molecule has 2 atom stereocenters. The molecule has 16 heavy (non-hydrogen) atoms. The molecule has 0 aromatic heterocycles. The molecule has 0 aromatic rings. The first-order valence-electron chi connectivity index (χ1n) is 6.02. The standard InChI is InChI=1S/C12H23NO3/c1-12(7-4-3-5-10(12)14)9-13-11(15)6-8-16-2/h10,14H,3-9H2,1-2H3,(H,13,15)/t10-,12+/m1/s1. The van der Waals surface area contributed by atoms with Crippen LogP contribution in [0.15, 0.2) is 0 Å². The highest BCUT2D eigenvalue weighted by Crippen LogP contribution is 2.35. The molecular weight excluding hydrogens is 206 g/mol. The van der Waals surface area contributed by atoms with Crippen molar-refractivity contribution >= 4 is 5.91 Å². The molecule has 4 nitrogen and oxygen atoms in total. The lowest BCUT2D eigenvalue weighted by atomic mass is 9.73. The van der Waals surface area contributed by atoms with Crippen molar-refractivity contribution in [3.63, 3.8) is 0 Å². The van der Waals surface area contributed by atoms with Crippen LogP contribution in [0.1, 0.15) is 39.0 Å². The molecule has 1 aliphatic carbocycles. The van der Waals surface area contributed by atoms with E-state index in [1.165, 1.54) is 0 Å². The van der Waals surface area contributed by atoms with E-state index in [2.05, 4.69) is 5.32 Å². The molecule has 0 heterocycles. The van der Waals surface area contributed by atoms with E-state index in [-0.39, 0.29) is 17.4 Å². The second-order valence-corrected chi connectivity index (χ2v) is 4.94. The number of carbonyl (C=O) groups is 1. The first kappa shape index (κ1) is 13.5. The fraction of sp³-hybridized carbons (Fsp3) is 0.917. The maximum atomic E-state index is 11.4. The number of hydrogen-bond donors (Lipinski definition) is 2. The van der Waals surface area contributed by atoms with Crippen molar-refractivity contribution in [2.45, 2.75) is 45.1 Å². The number of carbonyl (C=O) groups excluding carboxylic acids is 1. The van der Waals surface area contributed by atoms with E-state index in [0.29, 0.717) is 19.6 Å². The minimum atomic E-state index is -0.288. The highest BCUT2D eigenvalue weighted by Gasteiger charge is 2.35. The Morgan fingerprint density at radius 1 is 1.56 bits per heavy atom. The Morgan fingerprint density at radius 2 is 2.31 bits per heavy atom. The van der Waals surface area contributed by atoms with Crippen LogP contribution in [-0.4, -0.2) is 37.4 Å². The predicted octanol–water partition coefficient (Wildman–Crippen LogP) is 1.08. The molecule has 0 spiro atoms. The zero-order valence-corrected chi connectivity index (χ0v) is 10.3. The number of aliphatic hydroxyl groups is 1. The predicted molar refractivity (Wildman–Crippen MR) is 62.1 cm³/mol. The van der Waals surface area contributed by atoms with Gasteiger partial charge in [-0.05, 0) is 12.8 Å². The van der Waals surface area contributed by atoms with Gasteiger partial charge >= 0.3 is 0 Å². The van der Waals surface area contributed by atoms with E-state index in [1.807, 2.05) is 6.92 Å². The minimum Gasteiger partial charge on any atom is -0.392 e. The van der Waals surface area contributed by atoms with Gasteiger partial charge in [-0.25, -0.2) is 0 Å². The fourth-order valence-electron chi connectivity index (χ4n) is 2.17. The molecule has 0 aliphatic heterocycles. The van der Waals surface area contributed by atoms with E-state index in [9.17, 15) is 9.90 Å². The molecule has 4 heteroatoms. The average Bonchev–Trinajstić information content (AvgIpc) is 2.28. The minimum absolute atomic E-state index is 0.000786. The number of hydrogen-bond acceptors (Lipinski definition) is 3. The molecule has 1 aliphatic rings. The summed E-state index contributed by atoms with van der Waals surface area (Å²) in [7, 11) is 1.58. The Kier molecular flexibility index (Phi) is 5.22. The molecule has 0 saturated heterocycles. The van der Waals surface area contributed by atoms with Crippen LogP contribution in [0.3, 0.4) is 0 Å². The molecule has 0 bridgehead atoms. The summed E-state index contributed by atoms with van der Waals surface area (Å²) in [5.74, 6) is 0.000786. The second kappa shape index (κ2) is 6.21. The second-order valence-electron chi connectivity index (χ2n) is 4.94. The van der Waals surface area contributed by atoms with Crippen LogP contribution in [0.25, 0.3) is 0 Å². The van der Waals surface area contributed by atoms with Gasteiger partial charge in [-0.3, -0.25) is 4.79 Å². The Hall–Kier alpha value is -0.610.